The first-order chi connectivity index (χ1) is 87.0. The van der Waals surface area contributed by atoms with Crippen molar-refractivity contribution in [3.05, 3.63) is 0 Å². The SMILES string of the molecule is C.C.C.C.C.C.C.C.C.C.C.[2H]N.[2H]N.[2H]N.[2H]N.[2H]N.[2H]N.[2H]N.[2H]N.[2H]N.[2H]N.[2H]N.[2H]N.[2H]N.[2H]N.[2H]N.[2H]N.[2H]N.[2H]N.[2H]N.[2H]N.[2H]N.[2H]N.[2H]N.[2H]N.[2H]N.[2H]N.[2H]N.[2H]N.[2H]N.[2H]N.[2H]N.[2H]N.[2H]N.[2H]N.[2H]N.[2H]N.[2H]N.[2H]N.[2H]N.[2H]N.[2H]N.[2H]N.[2H]N.[2H]N.[2H]N.[2H]N.[2H]N.[2H]N.[2H]N.[2H]N.[2H]N.[2H]N.[2H]N.[2H]N.[2H]N.[2H]N.[2H]N.[2H]N.[2H]N.[2H]N.[2H]N.[2H]N.[2H]N.[2H]N.[2H]N.[2H]N.[3H]C.[3H]C.[3H]C.[3H]C.[3H]C.[3H]C.[3H]C.[3H]N.[3H]N.[3H]N.[3H]N.[3H]N.[3H]N.[3H]N.[3H]N.[3H]N.[3H]N.[3H]N.[3H]N.[3H]N.[3H]N. The van der Waals surface area contributed by atoms with Crippen molar-refractivity contribution in [1.82, 2.24) is 491 Å². The van der Waals surface area contributed by atoms with Gasteiger partial charge in [0.05, 0.1) is 0 Å². The summed E-state index contributed by atoms with van der Waals surface area (Å²) in [6.45, 7) is 0. The molecule has 0 heterocycles. The summed E-state index contributed by atoms with van der Waals surface area (Å²) in [5, 5.41) is 0. The lowest BCUT2D eigenvalue weighted by Gasteiger charge is -0.345. The van der Waals surface area contributed by atoms with E-state index in [1.165, 1.54) is 51.8 Å². The number of hydrogen-bond donors (Lipinski definition) is 80. The zero-order valence-electron chi connectivity index (χ0n) is 140. The summed E-state index contributed by atoms with van der Waals surface area (Å²) < 4.78 is 460. The maximum atomic E-state index is 5.75. The Morgan fingerprint density at radius 3 is 0.0714 bits per heavy atom. The summed E-state index contributed by atoms with van der Waals surface area (Å²) >= 11 is 0. The molecule has 0 bridgehead atoms. The van der Waals surface area contributed by atoms with Crippen LogP contribution in [0.15, 0.2) is 0 Å². The Hall–Kier alpha value is -3.20. The first kappa shape index (κ1) is 119. The highest BCUT2D eigenvalue weighted by atomic mass is 14.1. The molecule has 80 nitrogen and oxygen atoms in total. The van der Waals surface area contributed by atoms with E-state index in [9.17, 15) is 0 Å². The van der Waals surface area contributed by atoms with Gasteiger partial charge in [-0.1, -0.05) is 134 Å². The highest BCUT2D eigenvalue weighted by Crippen LogP contribution is 0.164. The smallest absolute Gasteiger partial charge is 0.115 e. The van der Waals surface area contributed by atoms with Gasteiger partial charge < -0.3 is 491 Å². The molecule has 0 radical (unpaired) electrons. The van der Waals surface area contributed by atoms with Gasteiger partial charge in [0.25, 0.3) is 0 Å². The van der Waals surface area contributed by atoms with E-state index in [4.69, 9.17) is 123 Å². The zero-order chi connectivity index (χ0) is 174. The molecule has 0 amide bonds. The predicted molar refractivity (Wildman–Crippen MR) is 523 cm³/mol. The minimum atomic E-state index is 0. The molecule has 0 aromatic carbocycles. The van der Waals surface area contributed by atoms with E-state index in [1.807, 2.05) is 0 Å². The van der Waals surface area contributed by atoms with Crippen molar-refractivity contribution in [2.75, 3.05) is 0 Å². The highest BCUT2D eigenvalue weighted by Gasteiger charge is -0.0537. The molecule has 98 heavy (non-hydrogen) atoms. The van der Waals surface area contributed by atoms with E-state index in [2.05, 4.69) is 491 Å². The monoisotopic (exact) mass is 1760 g/mol. The predicted octanol–water partition coefficient (Wildman–Crippen LogP) is 24.4. The second-order valence-corrected chi connectivity index (χ2v) is 0. The first-order valence-electron chi connectivity index (χ1n) is 53.2. The van der Waals surface area contributed by atoms with Crippen molar-refractivity contribution in [3.63, 3.8) is 0 Å². The lowest BCUT2D eigenvalue weighted by molar-refractivity contribution is 2.13. The molecule has 0 aromatic rings. The van der Waals surface area contributed by atoms with Crippen molar-refractivity contribution in [1.29, 1.82) is 0 Å². The molecule has 0 aliphatic heterocycles. The lowest BCUT2D eigenvalue weighted by atomic mass is 12.0. The van der Waals surface area contributed by atoms with E-state index in [0.29, 0.717) is 0 Å². The van der Waals surface area contributed by atoms with Gasteiger partial charge in [-0.05, 0) is 0 Å². The molecular formula is C18H312N80. The molecule has 0 rings (SSSR count). The Bertz CT molecular complexity index is 252. The Morgan fingerprint density at radius 1 is 0.0714 bits per heavy atom. The van der Waals surface area contributed by atoms with Gasteiger partial charge in [-0.2, -0.15) is 0 Å². The van der Waals surface area contributed by atoms with E-state index in [-0.39, 0.29) is 81.7 Å². The molecule has 0 spiro atoms. The molecular weight excluding hydrogens is 1340 g/mol. The highest BCUT2D eigenvalue weighted by molar-refractivity contribution is 2.52. The van der Waals surface area contributed by atoms with Gasteiger partial charge in [0, 0.05) is 9.60 Å². The molecule has 0 saturated carbocycles. The van der Waals surface area contributed by atoms with Crippen LogP contribution in [0.3, 0.4) is 0 Å². The summed E-state index contributed by atoms with van der Waals surface area (Å²) in [6.07, 6.45) is 300. The van der Waals surface area contributed by atoms with Crippen LogP contribution in [0.25, 0.3) is 0 Å². The van der Waals surface area contributed by atoms with Gasteiger partial charge in [-0.25, -0.2) is 0 Å². The normalized spacial score (nSPS) is 6.21. The second kappa shape index (κ2) is 78900. The molecule has 0 unspecified atom stereocenters. The Morgan fingerprint density at radius 2 is 0.0714 bits per heavy atom. The van der Waals surface area contributed by atoms with E-state index >= 15 is 0 Å². The third-order valence-corrected chi connectivity index (χ3v) is 0. The van der Waals surface area contributed by atoms with Crippen LogP contribution >= 0.6 is 0 Å². The van der Waals surface area contributed by atoms with Crippen LogP contribution in [0, 0.1) is 0 Å². The number of hydrogen-bond acceptors (Lipinski definition) is 80. The van der Waals surface area contributed by atoms with Crippen molar-refractivity contribution < 1.29 is 123 Å². The summed E-state index contributed by atoms with van der Waals surface area (Å²) in [6, 6.07) is 0. The van der Waals surface area contributed by atoms with Gasteiger partial charge in [0.15, 0.2) is 0 Å². The third kappa shape index (κ3) is 76400. The maximum Gasteiger partial charge on any atom is 0.115 e. The molecule has 80 heteroatoms. The second-order valence-electron chi connectivity index (χ2n) is 0. The van der Waals surface area contributed by atoms with E-state index < -0.39 is 0 Å². The fraction of sp³-hybridized carbons (Fsp3) is 1.00. The van der Waals surface area contributed by atoms with Gasteiger partial charge >= 0.3 is 0 Å². The molecule has 784 valence electrons. The standard InChI is InChI=1S/18CH4.80H3N/h18*1H4;80*1H3/i7*1T;;;;;;;;;;;;;;;;;;;;;;;;;;;;;;;;;;;;;;;;;;;;;;;;;;;;;;;;;;;;;;;;;;;;;;;;;;;;;;;;;;;;;;;;;;;/hT14D66. The molecule has 0 aliphatic carbocycles. The molecule has 0 aromatic heterocycles. The Balaban J connectivity index is -0.00000000431. The molecule has 0 atom stereocenters. The van der Waals surface area contributed by atoms with Crippen LogP contribution in [0.5, 0.6) is 0 Å². The third-order valence-electron chi connectivity index (χ3n) is 0. The van der Waals surface area contributed by atoms with Crippen molar-refractivity contribution >= 4 is 0 Å². The first-order valence-corrected chi connectivity index (χ1v) is 0. The van der Waals surface area contributed by atoms with Crippen LogP contribution in [-0.2, 0) is 0 Å². The Labute approximate surface area is 752 Å². The summed E-state index contributed by atoms with van der Waals surface area (Å²) in [7, 11) is 8.75. The van der Waals surface area contributed by atoms with Crippen molar-refractivity contribution in [2.24, 2.45) is 0 Å². The maximum absolute atomic E-state index is 5.75. The summed E-state index contributed by atoms with van der Waals surface area (Å²) in [4.78, 5) is 0. The fourth-order valence-electron chi connectivity index (χ4n) is 0. The van der Waals surface area contributed by atoms with Crippen LogP contribution in [0.1, 0.15) is 143 Å². The zero-order valence-corrected chi connectivity index (χ0v) is 53.2. The molecule has 0 saturated heterocycles. The topological polar surface area (TPSA) is 2800 Å². The Kier molecular flexibility index (Phi) is 95600. The molecule has 240 N–H and O–H groups in total. The quantitative estimate of drug-likeness (QED) is 0.107. The van der Waals surface area contributed by atoms with Crippen LogP contribution in [-0.4, -0.2) is 0 Å². The van der Waals surface area contributed by atoms with Crippen molar-refractivity contribution in [3.8, 4) is 0 Å². The average molecular weight is 1760 g/mol. The fourth-order valence-corrected chi connectivity index (χ4v) is 0. The van der Waals surface area contributed by atoms with Gasteiger partial charge in [0.1, 0.15) is 113 Å². The lowest BCUT2D eigenvalue weighted by Crippen LogP contribution is -0.482. The van der Waals surface area contributed by atoms with E-state index in [1.54, 1.807) is 0 Å². The van der Waals surface area contributed by atoms with Gasteiger partial charge in [-0.3, -0.25) is 0 Å². The molecule has 0 fully saturated rings. The van der Waals surface area contributed by atoms with Gasteiger partial charge in [0.2, 0.25) is 0 Å². The summed E-state index contributed by atoms with van der Waals surface area (Å²) in [5.74, 6) is 0. The largest absolute Gasteiger partial charge is 0.344 e. The summed E-state index contributed by atoms with van der Waals surface area (Å²) in [5.41, 5.74) is 0. The average Bonchev–Trinajstić information content (AvgIpc) is 4.27. The minimum Gasteiger partial charge on any atom is -0.344 e. The van der Waals surface area contributed by atoms with E-state index in [0.717, 1.165) is 0 Å². The van der Waals surface area contributed by atoms with Gasteiger partial charge in [-0.15, -0.1) is 0 Å². The van der Waals surface area contributed by atoms with Crippen LogP contribution in [0.4, 0.5) is 0 Å². The molecule has 0 aliphatic rings. The van der Waals surface area contributed by atoms with Crippen LogP contribution < -0.4 is 491 Å². The van der Waals surface area contributed by atoms with Crippen LogP contribution in [0.2, 0.25) is 113 Å². The van der Waals surface area contributed by atoms with Crippen molar-refractivity contribution in [2.45, 2.75) is 134 Å². The minimum absolute atomic E-state index is 0. The number of rotatable bonds is 0.